The van der Waals surface area contributed by atoms with Crippen LogP contribution >= 0.6 is 12.2 Å². The maximum absolute atomic E-state index is 12.6. The molecule has 8 nitrogen and oxygen atoms in total. The molecule has 172 valence electrons. The molecule has 0 aliphatic rings. The molecule has 0 aliphatic carbocycles. The molecular weight excluding hydrogens is 454 g/mol. The number of carbonyl (C=O) groups excluding carboxylic acids is 2. The van der Waals surface area contributed by atoms with Crippen LogP contribution < -0.4 is 25.4 Å². The SMILES string of the molecule is COc1cc(OC)cc(C(=O)NC(=S)Nc2ccc(NC(=O)c3cc4ccccc4o3)cc2)c1. The normalized spacial score (nSPS) is 10.4. The van der Waals surface area contributed by atoms with Gasteiger partial charge in [-0.15, -0.1) is 0 Å². The first-order valence-electron chi connectivity index (χ1n) is 10.2. The molecule has 3 aromatic carbocycles. The van der Waals surface area contributed by atoms with E-state index in [0.29, 0.717) is 34.0 Å². The van der Waals surface area contributed by atoms with Gasteiger partial charge in [-0.25, -0.2) is 0 Å². The number of benzene rings is 3. The minimum Gasteiger partial charge on any atom is -0.497 e. The Morgan fingerprint density at radius 3 is 2.03 bits per heavy atom. The molecule has 3 N–H and O–H groups in total. The van der Waals surface area contributed by atoms with E-state index in [-0.39, 0.29) is 16.8 Å². The molecule has 0 radical (unpaired) electrons. The fourth-order valence-corrected chi connectivity index (χ4v) is 3.41. The standard InChI is InChI=1S/C25H21N3O5S/c1-31-19-11-16(12-20(14-19)32-2)23(29)28-25(34)27-18-9-7-17(8-10-18)26-24(30)22-13-15-5-3-4-6-21(15)33-22/h3-14H,1-2H3,(H,26,30)(H2,27,28,29,34). The van der Waals surface area contributed by atoms with Crippen LogP contribution in [0.2, 0.25) is 0 Å². The van der Waals surface area contributed by atoms with Crippen molar-refractivity contribution in [3.05, 3.63) is 84.1 Å². The zero-order valence-corrected chi connectivity index (χ0v) is 19.2. The third-order valence-electron chi connectivity index (χ3n) is 4.89. The van der Waals surface area contributed by atoms with Crippen molar-refractivity contribution in [1.82, 2.24) is 5.32 Å². The lowest BCUT2D eigenvalue weighted by molar-refractivity contribution is 0.0974. The average molecular weight is 476 g/mol. The predicted octanol–water partition coefficient (Wildman–Crippen LogP) is 4.83. The van der Waals surface area contributed by atoms with Crippen LogP contribution in [0.25, 0.3) is 11.0 Å². The van der Waals surface area contributed by atoms with Crippen LogP contribution in [0.1, 0.15) is 20.9 Å². The van der Waals surface area contributed by atoms with Crippen LogP contribution in [0.4, 0.5) is 11.4 Å². The number of fused-ring (bicyclic) bond motifs is 1. The van der Waals surface area contributed by atoms with Crippen molar-refractivity contribution >= 4 is 51.5 Å². The van der Waals surface area contributed by atoms with Gasteiger partial charge in [-0.3, -0.25) is 14.9 Å². The maximum atomic E-state index is 12.6. The van der Waals surface area contributed by atoms with Gasteiger partial charge in [0.05, 0.1) is 14.2 Å². The van der Waals surface area contributed by atoms with Crippen LogP contribution in [-0.2, 0) is 0 Å². The van der Waals surface area contributed by atoms with Gasteiger partial charge in [0, 0.05) is 28.4 Å². The number of thiocarbonyl (C=S) groups is 1. The van der Waals surface area contributed by atoms with Gasteiger partial charge in [0.15, 0.2) is 10.9 Å². The Balaban J connectivity index is 1.35. The van der Waals surface area contributed by atoms with E-state index < -0.39 is 5.91 Å². The Hall–Kier alpha value is -4.37. The number of rotatable bonds is 6. The van der Waals surface area contributed by atoms with Crippen molar-refractivity contribution < 1.29 is 23.5 Å². The van der Waals surface area contributed by atoms with Crippen molar-refractivity contribution in [3.63, 3.8) is 0 Å². The third kappa shape index (κ3) is 5.33. The molecule has 2 amide bonds. The second-order valence-corrected chi connectivity index (χ2v) is 7.60. The molecule has 0 aliphatic heterocycles. The van der Waals surface area contributed by atoms with Gasteiger partial charge in [0.2, 0.25) is 0 Å². The van der Waals surface area contributed by atoms with Gasteiger partial charge in [-0.2, -0.15) is 0 Å². The molecule has 4 rings (SSSR count). The highest BCUT2D eigenvalue weighted by molar-refractivity contribution is 7.80. The lowest BCUT2D eigenvalue weighted by Crippen LogP contribution is -2.34. The highest BCUT2D eigenvalue weighted by Crippen LogP contribution is 2.23. The number of para-hydroxylation sites is 1. The summed E-state index contributed by atoms with van der Waals surface area (Å²) in [6, 6.07) is 20.8. The van der Waals surface area contributed by atoms with Crippen molar-refractivity contribution in [1.29, 1.82) is 0 Å². The summed E-state index contributed by atoms with van der Waals surface area (Å²) in [7, 11) is 3.01. The number of hydrogen-bond acceptors (Lipinski definition) is 6. The zero-order valence-electron chi connectivity index (χ0n) is 18.4. The molecule has 1 aromatic heterocycles. The summed E-state index contributed by atoms with van der Waals surface area (Å²) >= 11 is 5.25. The molecule has 0 bridgehead atoms. The van der Waals surface area contributed by atoms with E-state index >= 15 is 0 Å². The van der Waals surface area contributed by atoms with Crippen LogP contribution in [0.5, 0.6) is 11.5 Å². The summed E-state index contributed by atoms with van der Waals surface area (Å²) in [5, 5.41) is 9.31. The van der Waals surface area contributed by atoms with Crippen LogP contribution in [-0.4, -0.2) is 31.1 Å². The average Bonchev–Trinajstić information content (AvgIpc) is 3.29. The predicted molar refractivity (Wildman–Crippen MR) is 134 cm³/mol. The first-order chi connectivity index (χ1) is 16.4. The van der Waals surface area contributed by atoms with Crippen molar-refractivity contribution in [2.24, 2.45) is 0 Å². The Morgan fingerprint density at radius 2 is 1.41 bits per heavy atom. The molecule has 0 atom stereocenters. The molecule has 0 saturated carbocycles. The summed E-state index contributed by atoms with van der Waals surface area (Å²) < 4.78 is 16.0. The number of furan rings is 1. The Kier molecular flexibility index (Phi) is 6.74. The second-order valence-electron chi connectivity index (χ2n) is 7.19. The number of methoxy groups -OCH3 is 2. The van der Waals surface area contributed by atoms with Crippen molar-refractivity contribution in [2.75, 3.05) is 24.9 Å². The van der Waals surface area contributed by atoms with E-state index in [4.69, 9.17) is 26.1 Å². The molecule has 0 saturated heterocycles. The monoisotopic (exact) mass is 475 g/mol. The second kappa shape index (κ2) is 10.1. The van der Waals surface area contributed by atoms with Gasteiger partial charge >= 0.3 is 0 Å². The van der Waals surface area contributed by atoms with E-state index in [0.717, 1.165) is 5.39 Å². The van der Waals surface area contributed by atoms with Crippen LogP contribution in [0.3, 0.4) is 0 Å². The van der Waals surface area contributed by atoms with Crippen LogP contribution in [0, 0.1) is 0 Å². The molecule has 0 spiro atoms. The Morgan fingerprint density at radius 1 is 0.794 bits per heavy atom. The first-order valence-corrected chi connectivity index (χ1v) is 10.6. The first kappa shape index (κ1) is 22.8. The van der Waals surface area contributed by atoms with E-state index in [1.807, 2.05) is 18.2 Å². The number of nitrogens with one attached hydrogen (secondary N) is 3. The van der Waals surface area contributed by atoms with E-state index in [9.17, 15) is 9.59 Å². The summed E-state index contributed by atoms with van der Waals surface area (Å²) in [4.78, 5) is 25.0. The van der Waals surface area contributed by atoms with Gasteiger partial charge in [0.25, 0.3) is 11.8 Å². The van der Waals surface area contributed by atoms with E-state index in [2.05, 4.69) is 16.0 Å². The summed E-state index contributed by atoms with van der Waals surface area (Å²) in [5.74, 6) is 0.437. The number of carbonyl (C=O) groups is 2. The zero-order chi connectivity index (χ0) is 24.1. The van der Waals surface area contributed by atoms with Gasteiger partial charge in [-0.1, -0.05) is 18.2 Å². The summed E-state index contributed by atoms with van der Waals surface area (Å²) in [6.45, 7) is 0. The lowest BCUT2D eigenvalue weighted by atomic mass is 10.2. The third-order valence-corrected chi connectivity index (χ3v) is 5.09. The topological polar surface area (TPSA) is 102 Å². The number of amides is 2. The number of hydrogen-bond donors (Lipinski definition) is 3. The minimum absolute atomic E-state index is 0.117. The molecule has 1 heterocycles. The smallest absolute Gasteiger partial charge is 0.291 e. The fraction of sp³-hybridized carbons (Fsp3) is 0.0800. The maximum Gasteiger partial charge on any atom is 0.291 e. The largest absolute Gasteiger partial charge is 0.497 e. The van der Waals surface area contributed by atoms with Crippen LogP contribution in [0.15, 0.2) is 77.2 Å². The molecule has 0 fully saturated rings. The van der Waals surface area contributed by atoms with Gasteiger partial charge < -0.3 is 24.5 Å². The van der Waals surface area contributed by atoms with Gasteiger partial charge in [-0.05, 0) is 60.7 Å². The fourth-order valence-electron chi connectivity index (χ4n) is 3.20. The summed E-state index contributed by atoms with van der Waals surface area (Å²) in [5.41, 5.74) is 2.20. The number of anilines is 2. The van der Waals surface area contributed by atoms with Gasteiger partial charge in [0.1, 0.15) is 17.1 Å². The molecule has 4 aromatic rings. The van der Waals surface area contributed by atoms with Crippen molar-refractivity contribution in [3.8, 4) is 11.5 Å². The highest BCUT2D eigenvalue weighted by Gasteiger charge is 2.13. The molecule has 9 heteroatoms. The van der Waals surface area contributed by atoms with E-state index in [1.165, 1.54) is 14.2 Å². The number of ether oxygens (including phenoxy) is 2. The minimum atomic E-state index is -0.413. The molecule has 34 heavy (non-hydrogen) atoms. The molecule has 0 unspecified atom stereocenters. The molecular formula is C25H21N3O5S. The lowest BCUT2D eigenvalue weighted by Gasteiger charge is -2.12. The van der Waals surface area contributed by atoms with E-state index in [1.54, 1.807) is 54.6 Å². The quantitative estimate of drug-likeness (QED) is 0.343. The Labute approximate surface area is 200 Å². The Bertz CT molecular complexity index is 1310. The summed E-state index contributed by atoms with van der Waals surface area (Å²) in [6.07, 6.45) is 0. The highest BCUT2D eigenvalue weighted by atomic mass is 32.1. The van der Waals surface area contributed by atoms with Crippen molar-refractivity contribution in [2.45, 2.75) is 0 Å².